The first-order valence-electron chi connectivity index (χ1n) is 11.9. The van der Waals surface area contributed by atoms with Crippen LogP contribution in [0.2, 0.25) is 0 Å². The van der Waals surface area contributed by atoms with Gasteiger partial charge >= 0.3 is 0 Å². The quantitative estimate of drug-likeness (QED) is 0.222. The van der Waals surface area contributed by atoms with Gasteiger partial charge in [-0.25, -0.2) is 4.98 Å². The van der Waals surface area contributed by atoms with Gasteiger partial charge in [-0.1, -0.05) is 31.9 Å². The number of Topliss-reactive ketones (excluding diaryl/α,β-unsaturated/α-hetero) is 1. The SMILES string of the molecule is CCCCCc1ccnc2[nH]c3ccc(C(=O)CCC(=O)NCc4ccc(OC)cc4)cc3c12. The number of carbonyl (C=O) groups excluding carboxylic acids is 2. The molecule has 6 nitrogen and oxygen atoms in total. The van der Waals surface area contributed by atoms with Gasteiger partial charge in [-0.15, -0.1) is 0 Å². The molecule has 0 saturated carbocycles. The molecule has 0 fully saturated rings. The molecule has 4 rings (SSSR count). The van der Waals surface area contributed by atoms with Crippen molar-refractivity contribution in [2.45, 2.75) is 52.0 Å². The molecule has 0 aliphatic heterocycles. The first-order chi connectivity index (χ1) is 16.6. The summed E-state index contributed by atoms with van der Waals surface area (Å²) >= 11 is 0. The van der Waals surface area contributed by atoms with Crippen LogP contribution in [-0.4, -0.2) is 28.8 Å². The molecular formula is C28H31N3O3. The minimum absolute atomic E-state index is 0.0349. The van der Waals surface area contributed by atoms with Crippen LogP contribution in [0.15, 0.2) is 54.7 Å². The number of pyridine rings is 1. The molecule has 0 aliphatic rings. The Labute approximate surface area is 199 Å². The van der Waals surface area contributed by atoms with Gasteiger partial charge in [-0.2, -0.15) is 0 Å². The summed E-state index contributed by atoms with van der Waals surface area (Å²) in [6.07, 6.45) is 6.66. The predicted octanol–water partition coefficient (Wildman–Crippen LogP) is 5.74. The van der Waals surface area contributed by atoms with Gasteiger partial charge in [0.2, 0.25) is 5.91 Å². The summed E-state index contributed by atoms with van der Waals surface area (Å²) in [6, 6.07) is 15.3. The van der Waals surface area contributed by atoms with Gasteiger partial charge in [-0.05, 0) is 60.4 Å². The minimum Gasteiger partial charge on any atom is -0.497 e. The molecule has 1 amide bonds. The van der Waals surface area contributed by atoms with Crippen molar-refractivity contribution in [1.82, 2.24) is 15.3 Å². The lowest BCUT2D eigenvalue weighted by molar-refractivity contribution is -0.121. The van der Waals surface area contributed by atoms with Crippen molar-refractivity contribution in [3.05, 3.63) is 71.4 Å². The second-order valence-corrected chi connectivity index (χ2v) is 8.58. The molecule has 0 aliphatic carbocycles. The van der Waals surface area contributed by atoms with E-state index in [4.69, 9.17) is 4.74 Å². The molecule has 0 spiro atoms. The zero-order valence-corrected chi connectivity index (χ0v) is 19.8. The molecule has 0 atom stereocenters. The number of benzene rings is 2. The summed E-state index contributed by atoms with van der Waals surface area (Å²) < 4.78 is 5.15. The summed E-state index contributed by atoms with van der Waals surface area (Å²) in [6.45, 7) is 2.62. The molecule has 2 heterocycles. The maximum absolute atomic E-state index is 12.9. The Kier molecular flexibility index (Phi) is 7.58. The van der Waals surface area contributed by atoms with E-state index in [-0.39, 0.29) is 24.5 Å². The van der Waals surface area contributed by atoms with Gasteiger partial charge < -0.3 is 15.0 Å². The van der Waals surface area contributed by atoms with E-state index in [0.717, 1.165) is 46.1 Å². The Morgan fingerprint density at radius 2 is 1.85 bits per heavy atom. The molecule has 0 saturated heterocycles. The Balaban J connectivity index is 1.41. The number of aryl methyl sites for hydroxylation is 1. The highest BCUT2D eigenvalue weighted by Gasteiger charge is 2.14. The number of aromatic nitrogens is 2. The van der Waals surface area contributed by atoms with Gasteiger partial charge in [0.1, 0.15) is 11.4 Å². The summed E-state index contributed by atoms with van der Waals surface area (Å²) in [5, 5.41) is 5.00. The number of fused-ring (bicyclic) bond motifs is 3. The van der Waals surface area contributed by atoms with Crippen molar-refractivity contribution in [2.24, 2.45) is 0 Å². The maximum Gasteiger partial charge on any atom is 0.220 e. The van der Waals surface area contributed by atoms with Crippen molar-refractivity contribution in [3.63, 3.8) is 0 Å². The van der Waals surface area contributed by atoms with E-state index in [9.17, 15) is 9.59 Å². The first-order valence-corrected chi connectivity index (χ1v) is 11.9. The summed E-state index contributed by atoms with van der Waals surface area (Å²) in [5.41, 5.74) is 4.69. The minimum atomic E-state index is -0.139. The third kappa shape index (κ3) is 5.45. The van der Waals surface area contributed by atoms with Crippen molar-refractivity contribution >= 4 is 33.6 Å². The van der Waals surface area contributed by atoms with Crippen LogP contribution in [0.25, 0.3) is 21.9 Å². The van der Waals surface area contributed by atoms with Crippen LogP contribution in [-0.2, 0) is 17.8 Å². The molecule has 2 N–H and O–H groups in total. The Morgan fingerprint density at radius 1 is 1.03 bits per heavy atom. The topological polar surface area (TPSA) is 84.1 Å². The fraction of sp³-hybridized carbons (Fsp3) is 0.321. The highest BCUT2D eigenvalue weighted by molar-refractivity contribution is 6.10. The van der Waals surface area contributed by atoms with Crippen molar-refractivity contribution in [3.8, 4) is 5.75 Å². The van der Waals surface area contributed by atoms with Crippen molar-refractivity contribution in [1.29, 1.82) is 0 Å². The third-order valence-electron chi connectivity index (χ3n) is 6.18. The average molecular weight is 458 g/mol. The van der Waals surface area contributed by atoms with E-state index < -0.39 is 0 Å². The van der Waals surface area contributed by atoms with E-state index in [2.05, 4.69) is 28.3 Å². The van der Waals surface area contributed by atoms with Crippen LogP contribution in [0.5, 0.6) is 5.75 Å². The molecule has 176 valence electrons. The van der Waals surface area contributed by atoms with Gasteiger partial charge in [0.05, 0.1) is 7.11 Å². The van der Waals surface area contributed by atoms with Crippen LogP contribution in [0, 0.1) is 0 Å². The Hall–Kier alpha value is -3.67. The smallest absolute Gasteiger partial charge is 0.220 e. The van der Waals surface area contributed by atoms with Crippen LogP contribution >= 0.6 is 0 Å². The number of ketones is 1. The number of hydrogen-bond donors (Lipinski definition) is 2. The molecule has 0 radical (unpaired) electrons. The number of amides is 1. The molecule has 6 heteroatoms. The molecule has 0 unspecified atom stereocenters. The Bertz CT molecular complexity index is 1290. The fourth-order valence-corrected chi connectivity index (χ4v) is 4.24. The summed E-state index contributed by atoms with van der Waals surface area (Å²) in [7, 11) is 1.62. The lowest BCUT2D eigenvalue weighted by Gasteiger charge is -2.07. The number of aromatic amines is 1. The molecular weight excluding hydrogens is 426 g/mol. The number of hydrogen-bond acceptors (Lipinski definition) is 4. The van der Waals surface area contributed by atoms with E-state index >= 15 is 0 Å². The highest BCUT2D eigenvalue weighted by Crippen LogP contribution is 2.29. The van der Waals surface area contributed by atoms with Crippen LogP contribution in [0.1, 0.15) is 60.5 Å². The normalized spacial score (nSPS) is 11.1. The van der Waals surface area contributed by atoms with Gasteiger partial charge in [0, 0.05) is 47.4 Å². The first kappa shape index (κ1) is 23.5. The standard InChI is InChI=1S/C28H31N3O3/c1-3-4-5-6-20-15-16-29-28-27(20)23-17-21(9-12-24(23)31-28)25(32)13-14-26(33)30-18-19-7-10-22(34-2)11-8-19/h7-12,15-17H,3-6,13-14,18H2,1-2H3,(H,29,31)(H,30,33). The summed E-state index contributed by atoms with van der Waals surface area (Å²) in [5.74, 6) is 0.601. The average Bonchev–Trinajstić information content (AvgIpc) is 3.25. The third-order valence-corrected chi connectivity index (χ3v) is 6.18. The molecule has 2 aromatic carbocycles. The molecule has 0 bridgehead atoms. The lowest BCUT2D eigenvalue weighted by Crippen LogP contribution is -2.23. The zero-order chi connectivity index (χ0) is 23.9. The number of methoxy groups -OCH3 is 1. The van der Waals surface area contributed by atoms with E-state index in [1.54, 1.807) is 7.11 Å². The van der Waals surface area contributed by atoms with Crippen LogP contribution < -0.4 is 10.1 Å². The lowest BCUT2D eigenvalue weighted by atomic mass is 10.00. The zero-order valence-electron chi connectivity index (χ0n) is 19.8. The molecule has 34 heavy (non-hydrogen) atoms. The van der Waals surface area contributed by atoms with Crippen LogP contribution in [0.3, 0.4) is 0 Å². The van der Waals surface area contributed by atoms with Gasteiger partial charge in [0.15, 0.2) is 5.78 Å². The predicted molar refractivity (Wildman–Crippen MR) is 135 cm³/mol. The maximum atomic E-state index is 12.9. The second kappa shape index (κ2) is 11.0. The number of H-pyrrole nitrogens is 1. The Morgan fingerprint density at radius 3 is 2.62 bits per heavy atom. The van der Waals surface area contributed by atoms with E-state index in [0.29, 0.717) is 12.1 Å². The number of carbonyl (C=O) groups is 2. The second-order valence-electron chi connectivity index (χ2n) is 8.58. The fourth-order valence-electron chi connectivity index (χ4n) is 4.24. The monoisotopic (exact) mass is 457 g/mol. The molecule has 2 aromatic heterocycles. The number of ether oxygens (including phenoxy) is 1. The van der Waals surface area contributed by atoms with Crippen LogP contribution in [0.4, 0.5) is 0 Å². The molecule has 4 aromatic rings. The largest absolute Gasteiger partial charge is 0.497 e. The number of nitrogens with one attached hydrogen (secondary N) is 2. The highest BCUT2D eigenvalue weighted by atomic mass is 16.5. The number of unbranched alkanes of at least 4 members (excludes halogenated alkanes) is 2. The van der Waals surface area contributed by atoms with E-state index in [1.165, 1.54) is 18.4 Å². The summed E-state index contributed by atoms with van der Waals surface area (Å²) in [4.78, 5) is 33.0. The van der Waals surface area contributed by atoms with Crippen molar-refractivity contribution < 1.29 is 14.3 Å². The van der Waals surface area contributed by atoms with Crippen molar-refractivity contribution in [2.75, 3.05) is 7.11 Å². The van der Waals surface area contributed by atoms with E-state index in [1.807, 2.05) is 48.7 Å². The number of nitrogens with zero attached hydrogens (tertiary/aromatic N) is 1. The van der Waals surface area contributed by atoms with Gasteiger partial charge in [-0.3, -0.25) is 9.59 Å². The van der Waals surface area contributed by atoms with Gasteiger partial charge in [0.25, 0.3) is 0 Å². The number of rotatable bonds is 11.